The van der Waals surface area contributed by atoms with Crippen molar-refractivity contribution in [3.05, 3.63) is 24.3 Å². The van der Waals surface area contributed by atoms with E-state index in [4.69, 9.17) is 0 Å². The van der Waals surface area contributed by atoms with Crippen molar-refractivity contribution in [3.8, 4) is 0 Å². The maximum absolute atomic E-state index is 4.28. The lowest BCUT2D eigenvalue weighted by atomic mass is 10.1. The first-order valence-corrected chi connectivity index (χ1v) is 6.05. The lowest BCUT2D eigenvalue weighted by Crippen LogP contribution is -2.38. The minimum absolute atomic E-state index is 0.633. The van der Waals surface area contributed by atoms with Gasteiger partial charge in [-0.1, -0.05) is 0 Å². The van der Waals surface area contributed by atoms with E-state index in [1.54, 1.807) is 6.33 Å². The van der Waals surface area contributed by atoms with Crippen molar-refractivity contribution in [1.82, 2.24) is 20.2 Å². The minimum atomic E-state index is 0.633. The van der Waals surface area contributed by atoms with Gasteiger partial charge in [0.15, 0.2) is 0 Å². The first-order valence-electron chi connectivity index (χ1n) is 6.05. The highest BCUT2D eigenvalue weighted by molar-refractivity contribution is 4.97. The molecule has 0 spiro atoms. The number of rotatable bonds is 2. The monoisotopic (exact) mass is 220 g/mol. The molecule has 2 heterocycles. The Morgan fingerprint density at radius 3 is 3.25 bits per heavy atom. The summed E-state index contributed by atoms with van der Waals surface area (Å²) in [4.78, 5) is 10.7. The fourth-order valence-electron chi connectivity index (χ4n) is 2.04. The Morgan fingerprint density at radius 1 is 1.50 bits per heavy atom. The molecular weight excluding hydrogens is 200 g/mol. The number of hydrogen-bond acceptors (Lipinski definition) is 4. The van der Waals surface area contributed by atoms with E-state index in [9.17, 15) is 0 Å². The second-order valence-electron chi connectivity index (χ2n) is 4.47. The predicted octanol–water partition coefficient (Wildman–Crippen LogP) is 1.05. The van der Waals surface area contributed by atoms with E-state index in [1.807, 2.05) is 12.3 Å². The quantitative estimate of drug-likeness (QED) is 0.809. The van der Waals surface area contributed by atoms with Crippen LogP contribution < -0.4 is 5.32 Å². The standard InChI is InChI=1S/C12H20N4/c1-11-4-8-16(7-2-5-14-11)9-12-3-6-13-10-15-12/h3,6,10-11,14H,2,4-5,7-9H2,1H3. The third kappa shape index (κ3) is 3.54. The second kappa shape index (κ2) is 5.92. The van der Waals surface area contributed by atoms with Crippen molar-refractivity contribution in [2.24, 2.45) is 0 Å². The average molecular weight is 220 g/mol. The van der Waals surface area contributed by atoms with Gasteiger partial charge in [0.05, 0.1) is 5.69 Å². The van der Waals surface area contributed by atoms with Crippen molar-refractivity contribution in [2.75, 3.05) is 19.6 Å². The van der Waals surface area contributed by atoms with E-state index in [-0.39, 0.29) is 0 Å². The number of nitrogens with one attached hydrogen (secondary N) is 1. The van der Waals surface area contributed by atoms with Crippen LogP contribution in [0.5, 0.6) is 0 Å². The summed E-state index contributed by atoms with van der Waals surface area (Å²) in [5, 5.41) is 3.52. The van der Waals surface area contributed by atoms with Crippen molar-refractivity contribution < 1.29 is 0 Å². The molecule has 1 aliphatic rings. The molecule has 1 aromatic rings. The fourth-order valence-corrected chi connectivity index (χ4v) is 2.04. The molecule has 16 heavy (non-hydrogen) atoms. The zero-order chi connectivity index (χ0) is 11.2. The van der Waals surface area contributed by atoms with Crippen molar-refractivity contribution >= 4 is 0 Å². The van der Waals surface area contributed by atoms with Gasteiger partial charge in [-0.2, -0.15) is 0 Å². The van der Waals surface area contributed by atoms with E-state index in [0.29, 0.717) is 6.04 Å². The molecule has 0 radical (unpaired) electrons. The summed E-state index contributed by atoms with van der Waals surface area (Å²) in [6.45, 7) is 6.65. The molecule has 1 aromatic heterocycles. The summed E-state index contributed by atoms with van der Waals surface area (Å²) < 4.78 is 0. The van der Waals surface area contributed by atoms with Gasteiger partial charge < -0.3 is 5.32 Å². The molecule has 0 bridgehead atoms. The second-order valence-corrected chi connectivity index (χ2v) is 4.47. The first-order chi connectivity index (χ1) is 7.84. The third-order valence-electron chi connectivity index (χ3n) is 3.05. The summed E-state index contributed by atoms with van der Waals surface area (Å²) >= 11 is 0. The highest BCUT2D eigenvalue weighted by Gasteiger charge is 2.12. The Balaban J connectivity index is 1.88. The van der Waals surface area contributed by atoms with E-state index in [2.05, 4.69) is 27.1 Å². The summed E-state index contributed by atoms with van der Waals surface area (Å²) in [6.07, 6.45) is 5.88. The van der Waals surface area contributed by atoms with Crippen LogP contribution in [0.15, 0.2) is 18.6 Å². The van der Waals surface area contributed by atoms with Gasteiger partial charge in [0.2, 0.25) is 0 Å². The molecule has 1 unspecified atom stereocenters. The van der Waals surface area contributed by atoms with Gasteiger partial charge in [0.25, 0.3) is 0 Å². The SMILES string of the molecule is CC1CCN(Cc2ccncn2)CCCN1. The van der Waals surface area contributed by atoms with Gasteiger partial charge in [-0.25, -0.2) is 9.97 Å². The van der Waals surface area contributed by atoms with E-state index in [1.165, 1.54) is 12.8 Å². The Morgan fingerprint density at radius 2 is 2.44 bits per heavy atom. The van der Waals surface area contributed by atoms with Crippen LogP contribution in [0.2, 0.25) is 0 Å². The van der Waals surface area contributed by atoms with Gasteiger partial charge in [-0.15, -0.1) is 0 Å². The Bertz CT molecular complexity index is 301. The van der Waals surface area contributed by atoms with Gasteiger partial charge in [0.1, 0.15) is 6.33 Å². The van der Waals surface area contributed by atoms with Crippen LogP contribution in [0, 0.1) is 0 Å². The molecule has 0 aromatic carbocycles. The normalized spacial score (nSPS) is 23.7. The molecule has 0 amide bonds. The summed E-state index contributed by atoms with van der Waals surface area (Å²) in [5.41, 5.74) is 1.12. The smallest absolute Gasteiger partial charge is 0.115 e. The molecule has 0 saturated carbocycles. The van der Waals surface area contributed by atoms with Gasteiger partial charge >= 0.3 is 0 Å². The molecule has 0 aliphatic carbocycles. The Kier molecular flexibility index (Phi) is 4.25. The lowest BCUT2D eigenvalue weighted by Gasteiger charge is -2.27. The molecular formula is C12H20N4. The summed E-state index contributed by atoms with van der Waals surface area (Å²) in [5.74, 6) is 0. The van der Waals surface area contributed by atoms with E-state index >= 15 is 0 Å². The molecule has 1 atom stereocenters. The van der Waals surface area contributed by atoms with Gasteiger partial charge in [-0.05, 0) is 38.9 Å². The van der Waals surface area contributed by atoms with Crippen LogP contribution in [-0.4, -0.2) is 40.5 Å². The molecule has 1 fully saturated rings. The van der Waals surface area contributed by atoms with Gasteiger partial charge in [0, 0.05) is 25.3 Å². The molecule has 4 heteroatoms. The minimum Gasteiger partial charge on any atom is -0.314 e. The van der Waals surface area contributed by atoms with Crippen LogP contribution in [0.25, 0.3) is 0 Å². The van der Waals surface area contributed by atoms with Crippen molar-refractivity contribution in [3.63, 3.8) is 0 Å². The molecule has 1 aliphatic heterocycles. The number of hydrogen-bond donors (Lipinski definition) is 1. The van der Waals surface area contributed by atoms with Crippen LogP contribution in [0.3, 0.4) is 0 Å². The maximum Gasteiger partial charge on any atom is 0.115 e. The zero-order valence-corrected chi connectivity index (χ0v) is 9.89. The van der Waals surface area contributed by atoms with Crippen LogP contribution >= 0.6 is 0 Å². The third-order valence-corrected chi connectivity index (χ3v) is 3.05. The van der Waals surface area contributed by atoms with E-state index in [0.717, 1.165) is 31.9 Å². The van der Waals surface area contributed by atoms with Crippen molar-refractivity contribution in [2.45, 2.75) is 32.4 Å². The number of aromatic nitrogens is 2. The van der Waals surface area contributed by atoms with Crippen LogP contribution in [-0.2, 0) is 6.54 Å². The Hall–Kier alpha value is -1.00. The maximum atomic E-state index is 4.28. The fraction of sp³-hybridized carbons (Fsp3) is 0.667. The van der Waals surface area contributed by atoms with Crippen LogP contribution in [0.4, 0.5) is 0 Å². The molecule has 88 valence electrons. The molecule has 1 saturated heterocycles. The highest BCUT2D eigenvalue weighted by Crippen LogP contribution is 2.06. The summed E-state index contributed by atoms with van der Waals surface area (Å²) in [7, 11) is 0. The molecule has 2 rings (SSSR count). The largest absolute Gasteiger partial charge is 0.314 e. The van der Waals surface area contributed by atoms with Crippen LogP contribution in [0.1, 0.15) is 25.5 Å². The highest BCUT2D eigenvalue weighted by atomic mass is 15.1. The summed E-state index contributed by atoms with van der Waals surface area (Å²) in [6, 6.07) is 2.63. The van der Waals surface area contributed by atoms with E-state index < -0.39 is 0 Å². The first kappa shape index (κ1) is 11.5. The number of nitrogens with zero attached hydrogens (tertiary/aromatic N) is 3. The topological polar surface area (TPSA) is 41.1 Å². The van der Waals surface area contributed by atoms with Crippen molar-refractivity contribution in [1.29, 1.82) is 0 Å². The zero-order valence-electron chi connectivity index (χ0n) is 9.89. The molecule has 1 N–H and O–H groups in total. The lowest BCUT2D eigenvalue weighted by molar-refractivity contribution is 0.227. The Labute approximate surface area is 97.1 Å². The van der Waals surface area contributed by atoms with Gasteiger partial charge in [-0.3, -0.25) is 4.90 Å². The average Bonchev–Trinajstić information content (AvgIpc) is 2.30. The molecule has 4 nitrogen and oxygen atoms in total. The predicted molar refractivity (Wildman–Crippen MR) is 64.0 cm³/mol.